The minimum atomic E-state index is -0.215. The Bertz CT molecular complexity index is 867. The van der Waals surface area contributed by atoms with Crippen molar-refractivity contribution in [3.63, 3.8) is 0 Å². The van der Waals surface area contributed by atoms with Crippen LogP contribution in [0, 0.1) is 5.41 Å². The molecule has 0 bridgehead atoms. The van der Waals surface area contributed by atoms with Gasteiger partial charge < -0.3 is 14.7 Å². The van der Waals surface area contributed by atoms with Crippen molar-refractivity contribution in [1.29, 1.82) is 0 Å². The quantitative estimate of drug-likeness (QED) is 0.868. The van der Waals surface area contributed by atoms with E-state index in [1.807, 2.05) is 20.0 Å². The molecule has 7 nitrogen and oxygen atoms in total. The van der Waals surface area contributed by atoms with Crippen molar-refractivity contribution < 1.29 is 9.32 Å². The van der Waals surface area contributed by atoms with Gasteiger partial charge in [-0.2, -0.15) is 0 Å². The number of fused-ring (bicyclic) bond motifs is 1. The first-order valence-corrected chi connectivity index (χ1v) is 10.2. The van der Waals surface area contributed by atoms with Crippen LogP contribution in [0.25, 0.3) is 0 Å². The van der Waals surface area contributed by atoms with Gasteiger partial charge in [-0.3, -0.25) is 4.79 Å². The topological polar surface area (TPSA) is 84.2 Å². The van der Waals surface area contributed by atoms with Crippen LogP contribution in [0.4, 0.5) is 5.95 Å². The SMILES string of the molecule is CC(C)c1cc(C(=O)N[C@H]2CC(C)(C)Cc3nc(N4CCCC4)ncc32)no1. The molecule has 1 N–H and O–H groups in total. The number of carbonyl (C=O) groups is 1. The van der Waals surface area contributed by atoms with Gasteiger partial charge in [0.2, 0.25) is 5.95 Å². The Morgan fingerprint density at radius 3 is 2.75 bits per heavy atom. The molecule has 150 valence electrons. The molecule has 4 rings (SSSR count). The first kappa shape index (κ1) is 18.9. The fourth-order valence-corrected chi connectivity index (χ4v) is 4.14. The zero-order valence-electron chi connectivity index (χ0n) is 17.2. The van der Waals surface area contributed by atoms with E-state index in [2.05, 4.69) is 34.2 Å². The van der Waals surface area contributed by atoms with Crippen LogP contribution in [0.1, 0.15) is 86.4 Å². The molecule has 1 aliphatic heterocycles. The van der Waals surface area contributed by atoms with Gasteiger partial charge in [0.15, 0.2) is 5.69 Å². The Morgan fingerprint density at radius 2 is 2.07 bits per heavy atom. The van der Waals surface area contributed by atoms with Gasteiger partial charge in [0.25, 0.3) is 5.91 Å². The lowest BCUT2D eigenvalue weighted by molar-refractivity contribution is 0.0909. The fourth-order valence-electron chi connectivity index (χ4n) is 4.14. The molecular weight excluding hydrogens is 354 g/mol. The number of aromatic nitrogens is 3. The molecule has 1 amide bonds. The lowest BCUT2D eigenvalue weighted by Gasteiger charge is -2.36. The number of anilines is 1. The molecule has 1 saturated heterocycles. The van der Waals surface area contributed by atoms with Crippen LogP contribution in [-0.2, 0) is 6.42 Å². The van der Waals surface area contributed by atoms with E-state index in [-0.39, 0.29) is 23.3 Å². The molecular formula is C21H29N5O2. The van der Waals surface area contributed by atoms with Crippen LogP contribution < -0.4 is 10.2 Å². The zero-order chi connectivity index (χ0) is 19.9. The maximum Gasteiger partial charge on any atom is 0.273 e. The lowest BCUT2D eigenvalue weighted by atomic mass is 9.74. The van der Waals surface area contributed by atoms with Crippen LogP contribution >= 0.6 is 0 Å². The van der Waals surface area contributed by atoms with Crippen molar-refractivity contribution in [3.8, 4) is 0 Å². The molecule has 3 heterocycles. The van der Waals surface area contributed by atoms with Crippen LogP contribution in [0.5, 0.6) is 0 Å². The summed E-state index contributed by atoms with van der Waals surface area (Å²) in [7, 11) is 0. The van der Waals surface area contributed by atoms with E-state index in [1.54, 1.807) is 6.07 Å². The van der Waals surface area contributed by atoms with Gasteiger partial charge in [-0.25, -0.2) is 9.97 Å². The normalized spacial score (nSPS) is 21.0. The highest BCUT2D eigenvalue weighted by molar-refractivity contribution is 5.92. The number of hydrogen-bond donors (Lipinski definition) is 1. The number of nitrogens with zero attached hydrogens (tertiary/aromatic N) is 4. The molecule has 1 fully saturated rings. The van der Waals surface area contributed by atoms with Crippen LogP contribution in [0.3, 0.4) is 0 Å². The summed E-state index contributed by atoms with van der Waals surface area (Å²) in [4.78, 5) is 24.5. The van der Waals surface area contributed by atoms with E-state index >= 15 is 0 Å². The van der Waals surface area contributed by atoms with Crippen LogP contribution in [-0.4, -0.2) is 34.1 Å². The van der Waals surface area contributed by atoms with Gasteiger partial charge >= 0.3 is 0 Å². The standard InChI is InChI=1S/C21H29N5O2/c1-13(2)18-9-15(25-28-18)19(27)23-16-10-21(3,4)11-17-14(16)12-22-20(24-17)26-7-5-6-8-26/h9,12-13,16H,5-8,10-11H2,1-4H3,(H,23,27)/t16-/m0/s1. The van der Waals surface area contributed by atoms with Crippen molar-refractivity contribution in [1.82, 2.24) is 20.4 Å². The third kappa shape index (κ3) is 3.75. The predicted molar refractivity (Wildman–Crippen MR) is 106 cm³/mol. The van der Waals surface area contributed by atoms with E-state index in [0.717, 1.165) is 43.1 Å². The van der Waals surface area contributed by atoms with Gasteiger partial charge in [-0.15, -0.1) is 0 Å². The van der Waals surface area contributed by atoms with Gasteiger partial charge in [0.05, 0.1) is 11.7 Å². The van der Waals surface area contributed by atoms with E-state index < -0.39 is 0 Å². The summed E-state index contributed by atoms with van der Waals surface area (Å²) < 4.78 is 5.28. The Kier molecular flexibility index (Phi) is 4.85. The smallest absolute Gasteiger partial charge is 0.273 e. The molecule has 0 saturated carbocycles. The fraction of sp³-hybridized carbons (Fsp3) is 0.619. The number of rotatable bonds is 4. The molecule has 0 spiro atoms. The molecule has 7 heteroatoms. The average molecular weight is 383 g/mol. The van der Waals surface area contributed by atoms with Crippen LogP contribution in [0.2, 0.25) is 0 Å². The van der Waals surface area contributed by atoms with E-state index in [0.29, 0.717) is 11.5 Å². The summed E-state index contributed by atoms with van der Waals surface area (Å²) in [6, 6.07) is 1.60. The third-order valence-corrected chi connectivity index (χ3v) is 5.69. The minimum Gasteiger partial charge on any atom is -0.360 e. The van der Waals surface area contributed by atoms with Gasteiger partial charge in [0, 0.05) is 36.8 Å². The van der Waals surface area contributed by atoms with Gasteiger partial charge in [0.1, 0.15) is 5.76 Å². The molecule has 0 aromatic carbocycles. The average Bonchev–Trinajstić information content (AvgIpc) is 3.32. The molecule has 2 aromatic rings. The maximum absolute atomic E-state index is 12.8. The highest BCUT2D eigenvalue weighted by Crippen LogP contribution is 2.40. The van der Waals surface area contributed by atoms with Crippen LogP contribution in [0.15, 0.2) is 16.8 Å². The van der Waals surface area contributed by atoms with Crippen molar-refractivity contribution >= 4 is 11.9 Å². The molecule has 0 unspecified atom stereocenters. The summed E-state index contributed by atoms with van der Waals surface area (Å²) in [5.41, 5.74) is 2.43. The first-order valence-electron chi connectivity index (χ1n) is 10.2. The predicted octanol–water partition coefficient (Wildman–Crippen LogP) is 3.63. The van der Waals surface area contributed by atoms with Gasteiger partial charge in [-0.1, -0.05) is 32.9 Å². The van der Waals surface area contributed by atoms with Crippen molar-refractivity contribution in [3.05, 3.63) is 35.0 Å². The molecule has 28 heavy (non-hydrogen) atoms. The zero-order valence-corrected chi connectivity index (χ0v) is 17.2. The van der Waals surface area contributed by atoms with Crippen molar-refractivity contribution in [2.75, 3.05) is 18.0 Å². The summed E-state index contributed by atoms with van der Waals surface area (Å²) in [5, 5.41) is 7.07. The third-order valence-electron chi connectivity index (χ3n) is 5.69. The molecule has 0 radical (unpaired) electrons. The maximum atomic E-state index is 12.8. The molecule has 2 aromatic heterocycles. The second-order valence-electron chi connectivity index (χ2n) is 9.11. The highest BCUT2D eigenvalue weighted by atomic mass is 16.5. The van der Waals surface area contributed by atoms with E-state index in [4.69, 9.17) is 9.51 Å². The second-order valence-corrected chi connectivity index (χ2v) is 9.11. The van der Waals surface area contributed by atoms with Crippen molar-refractivity contribution in [2.24, 2.45) is 5.41 Å². The number of nitrogens with one attached hydrogen (secondary N) is 1. The summed E-state index contributed by atoms with van der Waals surface area (Å²) in [6.07, 6.45) is 6.02. The summed E-state index contributed by atoms with van der Waals surface area (Å²) >= 11 is 0. The Balaban J connectivity index is 1.58. The largest absolute Gasteiger partial charge is 0.360 e. The minimum absolute atomic E-state index is 0.0501. The Morgan fingerprint density at radius 1 is 1.32 bits per heavy atom. The number of hydrogen-bond acceptors (Lipinski definition) is 6. The summed E-state index contributed by atoms with van der Waals surface area (Å²) in [5.74, 6) is 1.51. The van der Waals surface area contributed by atoms with Crippen molar-refractivity contribution in [2.45, 2.75) is 65.3 Å². The highest BCUT2D eigenvalue weighted by Gasteiger charge is 2.35. The Labute approximate surface area is 165 Å². The molecule has 1 atom stereocenters. The van der Waals surface area contributed by atoms with Gasteiger partial charge in [-0.05, 0) is 31.1 Å². The number of amides is 1. The van der Waals surface area contributed by atoms with E-state index in [1.165, 1.54) is 12.8 Å². The molecule has 2 aliphatic rings. The molecule has 1 aliphatic carbocycles. The number of carbonyl (C=O) groups excluding carboxylic acids is 1. The Hall–Kier alpha value is -2.44. The summed E-state index contributed by atoms with van der Waals surface area (Å²) in [6.45, 7) is 10.5. The lowest BCUT2D eigenvalue weighted by Crippen LogP contribution is -2.37. The monoisotopic (exact) mass is 383 g/mol. The van der Waals surface area contributed by atoms with E-state index in [9.17, 15) is 4.79 Å². The second kappa shape index (κ2) is 7.18. The first-order chi connectivity index (χ1) is 13.3.